The van der Waals surface area contributed by atoms with E-state index in [1.807, 2.05) is 6.07 Å². The molecule has 2 fully saturated rings. The largest absolute Gasteiger partial charge is 0.494 e. The molecular weight excluding hydrogens is 522 g/mol. The number of likely N-dealkylation sites (tertiary alicyclic amines) is 1. The van der Waals surface area contributed by atoms with Crippen molar-refractivity contribution in [3.63, 3.8) is 0 Å². The number of ether oxygens (including phenoxy) is 2. The Morgan fingerprint density at radius 2 is 1.92 bits per heavy atom. The molecule has 1 atom stereocenters. The molecule has 0 spiro atoms. The molecule has 2 amide bonds. The van der Waals surface area contributed by atoms with Crippen molar-refractivity contribution < 1.29 is 19.1 Å². The number of anilines is 4. The number of nitrogens with one attached hydrogen (secondary N) is 2. The summed E-state index contributed by atoms with van der Waals surface area (Å²) in [4.78, 5) is 39.0. The van der Waals surface area contributed by atoms with Crippen LogP contribution in [0.2, 0.25) is 5.02 Å². The number of hydrogen-bond donors (Lipinski definition) is 2. The molecule has 0 radical (unpaired) electrons. The molecule has 2 N–H and O–H groups in total. The van der Waals surface area contributed by atoms with Gasteiger partial charge in [0.15, 0.2) is 0 Å². The fraction of sp³-hybridized carbons (Fsp3) is 0.481. The summed E-state index contributed by atoms with van der Waals surface area (Å²) in [6.45, 7) is 7.93. The summed E-state index contributed by atoms with van der Waals surface area (Å²) < 4.78 is 11.7. The predicted molar refractivity (Wildman–Crippen MR) is 152 cm³/mol. The first-order valence-corrected chi connectivity index (χ1v) is 13.3. The number of rotatable bonds is 9. The smallest absolute Gasteiger partial charge is 0.247 e. The lowest BCUT2D eigenvalue weighted by molar-refractivity contribution is -0.128. The molecule has 1 aromatic carbocycles. The minimum Gasteiger partial charge on any atom is -0.494 e. The Hall–Kier alpha value is -3.57. The van der Waals surface area contributed by atoms with Gasteiger partial charge < -0.3 is 34.8 Å². The molecule has 2 aliphatic rings. The van der Waals surface area contributed by atoms with E-state index in [-0.39, 0.29) is 34.8 Å². The number of aromatic nitrogens is 2. The SMILES string of the molecule is C=CC(=O)Nc1cc(Nc2ncc(Cl)c(OC3CCN(C(C)=O)C3)n2)c(OC)cc1N1CCC(N(C)C)CC1. The Balaban J connectivity index is 1.58. The molecule has 3 heterocycles. The van der Waals surface area contributed by atoms with E-state index < -0.39 is 0 Å². The van der Waals surface area contributed by atoms with Crippen molar-refractivity contribution in [2.24, 2.45) is 0 Å². The topological polar surface area (TPSA) is 112 Å². The van der Waals surface area contributed by atoms with Crippen LogP contribution in [0.1, 0.15) is 26.2 Å². The average Bonchev–Trinajstić information content (AvgIpc) is 3.40. The molecule has 11 nitrogen and oxygen atoms in total. The number of carbonyl (C=O) groups is 2. The van der Waals surface area contributed by atoms with E-state index in [4.69, 9.17) is 21.1 Å². The number of hydrogen-bond acceptors (Lipinski definition) is 9. The highest BCUT2D eigenvalue weighted by atomic mass is 35.5. The van der Waals surface area contributed by atoms with E-state index in [9.17, 15) is 9.59 Å². The number of methoxy groups -OCH3 is 1. The van der Waals surface area contributed by atoms with Gasteiger partial charge in [-0.05, 0) is 39.1 Å². The van der Waals surface area contributed by atoms with Crippen molar-refractivity contribution in [1.29, 1.82) is 0 Å². The summed E-state index contributed by atoms with van der Waals surface area (Å²) >= 11 is 6.32. The molecule has 0 saturated carbocycles. The van der Waals surface area contributed by atoms with Crippen LogP contribution in [-0.2, 0) is 9.59 Å². The summed E-state index contributed by atoms with van der Waals surface area (Å²) in [6.07, 6.45) is 5.20. The van der Waals surface area contributed by atoms with Crippen LogP contribution >= 0.6 is 11.6 Å². The van der Waals surface area contributed by atoms with Crippen LogP contribution in [0, 0.1) is 0 Å². The minimum absolute atomic E-state index is 0.00852. The van der Waals surface area contributed by atoms with Crippen LogP contribution in [0.15, 0.2) is 31.0 Å². The molecule has 4 rings (SSSR count). The number of carbonyl (C=O) groups excluding carboxylic acids is 2. The maximum atomic E-state index is 12.3. The van der Waals surface area contributed by atoms with Gasteiger partial charge >= 0.3 is 0 Å². The van der Waals surface area contributed by atoms with E-state index in [0.29, 0.717) is 42.7 Å². The molecule has 1 unspecified atom stereocenters. The number of benzene rings is 1. The molecule has 210 valence electrons. The molecule has 2 aromatic rings. The quantitative estimate of drug-likeness (QED) is 0.447. The predicted octanol–water partition coefficient (Wildman–Crippen LogP) is 3.54. The van der Waals surface area contributed by atoms with Crippen molar-refractivity contribution in [1.82, 2.24) is 19.8 Å². The first-order chi connectivity index (χ1) is 18.7. The zero-order valence-electron chi connectivity index (χ0n) is 22.9. The van der Waals surface area contributed by atoms with Crippen molar-refractivity contribution in [3.05, 3.63) is 36.0 Å². The molecule has 2 saturated heterocycles. The van der Waals surface area contributed by atoms with E-state index in [2.05, 4.69) is 51.1 Å². The Morgan fingerprint density at radius 1 is 1.18 bits per heavy atom. The van der Waals surface area contributed by atoms with Crippen LogP contribution in [-0.4, -0.2) is 91.1 Å². The molecule has 39 heavy (non-hydrogen) atoms. The van der Waals surface area contributed by atoms with Crippen LogP contribution in [0.4, 0.5) is 23.0 Å². The van der Waals surface area contributed by atoms with Gasteiger partial charge in [-0.15, -0.1) is 0 Å². The van der Waals surface area contributed by atoms with Crippen LogP contribution in [0.3, 0.4) is 0 Å². The highest BCUT2D eigenvalue weighted by Crippen LogP contribution is 2.39. The van der Waals surface area contributed by atoms with Gasteiger partial charge in [-0.2, -0.15) is 4.98 Å². The van der Waals surface area contributed by atoms with Crippen molar-refractivity contribution in [2.45, 2.75) is 38.3 Å². The molecule has 1 aromatic heterocycles. The summed E-state index contributed by atoms with van der Waals surface area (Å²) in [5.74, 6) is 0.725. The van der Waals surface area contributed by atoms with E-state index in [1.165, 1.54) is 19.2 Å². The molecular formula is C27H36ClN7O4. The van der Waals surface area contributed by atoms with Gasteiger partial charge in [-0.1, -0.05) is 18.2 Å². The van der Waals surface area contributed by atoms with E-state index in [0.717, 1.165) is 31.6 Å². The van der Waals surface area contributed by atoms with Gasteiger partial charge in [0.1, 0.15) is 16.9 Å². The Labute approximate surface area is 234 Å². The van der Waals surface area contributed by atoms with Gasteiger partial charge in [0, 0.05) is 45.1 Å². The van der Waals surface area contributed by atoms with Crippen molar-refractivity contribution in [2.75, 3.05) is 62.9 Å². The summed E-state index contributed by atoms with van der Waals surface area (Å²) in [7, 11) is 5.79. The summed E-state index contributed by atoms with van der Waals surface area (Å²) in [5.41, 5.74) is 2.04. The van der Waals surface area contributed by atoms with Crippen LogP contribution in [0.25, 0.3) is 0 Å². The fourth-order valence-corrected chi connectivity index (χ4v) is 5.02. The second kappa shape index (κ2) is 12.5. The second-order valence-corrected chi connectivity index (χ2v) is 10.3. The first kappa shape index (κ1) is 28.4. The van der Waals surface area contributed by atoms with E-state index >= 15 is 0 Å². The van der Waals surface area contributed by atoms with Gasteiger partial charge in [-0.25, -0.2) is 4.98 Å². The maximum absolute atomic E-state index is 12.3. The third kappa shape index (κ3) is 6.90. The van der Waals surface area contributed by atoms with Crippen LogP contribution < -0.4 is 25.0 Å². The highest BCUT2D eigenvalue weighted by molar-refractivity contribution is 6.31. The average molecular weight is 558 g/mol. The number of halogens is 1. The zero-order valence-corrected chi connectivity index (χ0v) is 23.6. The Bertz CT molecular complexity index is 1220. The molecule has 0 bridgehead atoms. The normalized spacial score (nSPS) is 17.7. The monoisotopic (exact) mass is 557 g/mol. The van der Waals surface area contributed by atoms with Crippen molar-refractivity contribution >= 4 is 46.4 Å². The molecule has 12 heteroatoms. The lowest BCUT2D eigenvalue weighted by Gasteiger charge is -2.37. The van der Waals surface area contributed by atoms with Gasteiger partial charge in [0.25, 0.3) is 0 Å². The first-order valence-electron chi connectivity index (χ1n) is 13.0. The molecule has 2 aliphatic heterocycles. The fourth-order valence-electron chi connectivity index (χ4n) is 4.89. The maximum Gasteiger partial charge on any atom is 0.247 e. The lowest BCUT2D eigenvalue weighted by Crippen LogP contribution is -2.42. The molecule has 0 aliphatic carbocycles. The third-order valence-corrected chi connectivity index (χ3v) is 7.38. The van der Waals surface area contributed by atoms with Gasteiger partial charge in [-0.3, -0.25) is 9.59 Å². The summed E-state index contributed by atoms with van der Waals surface area (Å²) in [5, 5.41) is 6.37. The van der Waals surface area contributed by atoms with Crippen molar-refractivity contribution in [3.8, 4) is 11.6 Å². The van der Waals surface area contributed by atoms with Gasteiger partial charge in [0.2, 0.25) is 23.6 Å². The number of piperidine rings is 1. The standard InChI is InChI=1S/C27H36ClN7O4/c1-6-25(37)30-21-13-22(24(38-5)14-23(21)34-10-7-18(8-11-34)33(3)4)31-27-29-15-20(28)26(32-27)39-19-9-12-35(16-19)17(2)36/h6,13-15,18-19H,1,7-12,16H2,2-5H3,(H,30,37)(H,29,31,32). The highest BCUT2D eigenvalue weighted by Gasteiger charge is 2.27. The minimum atomic E-state index is -0.315. The van der Waals surface area contributed by atoms with Crippen LogP contribution in [0.5, 0.6) is 11.6 Å². The summed E-state index contributed by atoms with van der Waals surface area (Å²) in [6, 6.07) is 4.22. The lowest BCUT2D eigenvalue weighted by atomic mass is 10.0. The Morgan fingerprint density at radius 3 is 2.54 bits per heavy atom. The van der Waals surface area contributed by atoms with E-state index in [1.54, 1.807) is 18.1 Å². The second-order valence-electron chi connectivity index (χ2n) is 9.91. The number of nitrogens with zero attached hydrogens (tertiary/aromatic N) is 5. The Kier molecular flexibility index (Phi) is 9.13. The zero-order chi connectivity index (χ0) is 28.1. The number of amides is 2. The van der Waals surface area contributed by atoms with Gasteiger partial charge in [0.05, 0.1) is 36.9 Å². The third-order valence-electron chi connectivity index (χ3n) is 7.12.